The second-order valence-electron chi connectivity index (χ2n) is 5.88. The predicted molar refractivity (Wildman–Crippen MR) is 99.4 cm³/mol. The van der Waals surface area contributed by atoms with Crippen LogP contribution in [0.4, 0.5) is 10.5 Å². The highest BCUT2D eigenvalue weighted by Crippen LogP contribution is 2.32. The van der Waals surface area contributed by atoms with Gasteiger partial charge in [-0.3, -0.25) is 10.7 Å². The molecule has 2 aromatic carbocycles. The van der Waals surface area contributed by atoms with E-state index in [0.717, 1.165) is 22.3 Å². The number of carbonyl (C=O) groups is 1. The molecule has 7 nitrogen and oxygen atoms in total. The number of carboxylic acid groups (broad SMARTS) is 1. The summed E-state index contributed by atoms with van der Waals surface area (Å²) < 4.78 is 5.27. The molecule has 0 aliphatic rings. The minimum absolute atomic E-state index is 0.134. The maximum atomic E-state index is 10.9. The SMILES string of the molecule is Cc1noc(-c2ccc(-c3ccc(CC(=N)N)cc3)cc2)c1NC(=O)O. The third-order valence-electron chi connectivity index (χ3n) is 3.92. The van der Waals surface area contributed by atoms with E-state index in [1.807, 2.05) is 48.5 Å². The van der Waals surface area contributed by atoms with Crippen molar-refractivity contribution in [2.45, 2.75) is 13.3 Å². The van der Waals surface area contributed by atoms with Crippen molar-refractivity contribution in [3.63, 3.8) is 0 Å². The van der Waals surface area contributed by atoms with Crippen LogP contribution in [-0.4, -0.2) is 22.2 Å². The number of hydrogen-bond acceptors (Lipinski definition) is 4. The van der Waals surface area contributed by atoms with Gasteiger partial charge < -0.3 is 15.4 Å². The molecule has 0 saturated heterocycles. The van der Waals surface area contributed by atoms with Gasteiger partial charge in [0.1, 0.15) is 11.4 Å². The molecule has 0 saturated carbocycles. The Morgan fingerprint density at radius 3 is 2.19 bits per heavy atom. The van der Waals surface area contributed by atoms with Gasteiger partial charge in [-0.25, -0.2) is 4.79 Å². The predicted octanol–water partition coefficient (Wildman–Crippen LogP) is 3.89. The van der Waals surface area contributed by atoms with Crippen molar-refractivity contribution < 1.29 is 14.4 Å². The molecule has 3 aromatic rings. The summed E-state index contributed by atoms with van der Waals surface area (Å²) >= 11 is 0. The van der Waals surface area contributed by atoms with Crippen molar-refractivity contribution in [1.29, 1.82) is 5.41 Å². The summed E-state index contributed by atoms with van der Waals surface area (Å²) in [6.45, 7) is 1.68. The number of amides is 1. The van der Waals surface area contributed by atoms with Gasteiger partial charge in [-0.05, 0) is 23.6 Å². The molecule has 0 atom stereocenters. The molecule has 7 heteroatoms. The molecule has 1 aromatic heterocycles. The van der Waals surface area contributed by atoms with E-state index in [1.54, 1.807) is 6.92 Å². The molecule has 5 N–H and O–H groups in total. The van der Waals surface area contributed by atoms with E-state index in [2.05, 4.69) is 10.5 Å². The van der Waals surface area contributed by atoms with Crippen LogP contribution in [0, 0.1) is 12.3 Å². The van der Waals surface area contributed by atoms with Crippen LogP contribution < -0.4 is 11.1 Å². The normalized spacial score (nSPS) is 10.5. The molecule has 0 spiro atoms. The zero-order chi connectivity index (χ0) is 18.7. The van der Waals surface area contributed by atoms with Gasteiger partial charge in [0, 0.05) is 12.0 Å². The van der Waals surface area contributed by atoms with E-state index in [1.165, 1.54) is 0 Å². The highest BCUT2D eigenvalue weighted by atomic mass is 16.5. The minimum atomic E-state index is -1.17. The van der Waals surface area contributed by atoms with E-state index in [4.69, 9.17) is 20.8 Å². The lowest BCUT2D eigenvalue weighted by Gasteiger charge is -2.06. The van der Waals surface area contributed by atoms with Gasteiger partial charge in [0.05, 0.1) is 5.84 Å². The van der Waals surface area contributed by atoms with Crippen molar-refractivity contribution in [2.24, 2.45) is 5.73 Å². The highest BCUT2D eigenvalue weighted by Gasteiger charge is 2.17. The first kappa shape index (κ1) is 17.2. The Kier molecular flexibility index (Phi) is 4.70. The van der Waals surface area contributed by atoms with Gasteiger partial charge in [0.15, 0.2) is 5.76 Å². The molecule has 1 amide bonds. The third-order valence-corrected chi connectivity index (χ3v) is 3.92. The van der Waals surface area contributed by atoms with Gasteiger partial charge in [-0.15, -0.1) is 0 Å². The van der Waals surface area contributed by atoms with Crippen LogP contribution in [0.1, 0.15) is 11.3 Å². The van der Waals surface area contributed by atoms with Gasteiger partial charge >= 0.3 is 6.09 Å². The van der Waals surface area contributed by atoms with Gasteiger partial charge in [0.25, 0.3) is 0 Å². The first-order chi connectivity index (χ1) is 12.4. The molecule has 0 radical (unpaired) electrons. The molecule has 0 aliphatic carbocycles. The zero-order valence-corrected chi connectivity index (χ0v) is 14.1. The maximum Gasteiger partial charge on any atom is 0.409 e. The molecular weight excluding hydrogens is 332 g/mol. The van der Waals surface area contributed by atoms with E-state index in [0.29, 0.717) is 23.6 Å². The topological polar surface area (TPSA) is 125 Å². The molecule has 0 unspecified atom stereocenters. The smallest absolute Gasteiger partial charge is 0.409 e. The van der Waals surface area contributed by atoms with E-state index in [-0.39, 0.29) is 5.84 Å². The fourth-order valence-electron chi connectivity index (χ4n) is 2.67. The first-order valence-electron chi connectivity index (χ1n) is 7.93. The van der Waals surface area contributed by atoms with Crippen LogP contribution in [0.5, 0.6) is 0 Å². The number of nitrogens with one attached hydrogen (secondary N) is 2. The number of nitrogens with zero attached hydrogens (tertiary/aromatic N) is 1. The molecular formula is C19H18N4O3. The summed E-state index contributed by atoms with van der Waals surface area (Å²) in [5.74, 6) is 0.517. The first-order valence-corrected chi connectivity index (χ1v) is 7.93. The number of nitrogens with two attached hydrogens (primary N) is 1. The lowest BCUT2D eigenvalue weighted by Crippen LogP contribution is -2.12. The van der Waals surface area contributed by atoms with Crippen LogP contribution >= 0.6 is 0 Å². The summed E-state index contributed by atoms with van der Waals surface area (Å²) in [5, 5.41) is 22.4. The number of rotatable bonds is 5. The number of benzene rings is 2. The second kappa shape index (κ2) is 7.10. The van der Waals surface area contributed by atoms with Crippen molar-refractivity contribution in [3.8, 4) is 22.5 Å². The average Bonchev–Trinajstić information content (AvgIpc) is 2.95. The van der Waals surface area contributed by atoms with Crippen LogP contribution in [0.15, 0.2) is 53.1 Å². The van der Waals surface area contributed by atoms with Crippen molar-refractivity contribution >= 4 is 17.6 Å². The van der Waals surface area contributed by atoms with E-state index >= 15 is 0 Å². The number of amidine groups is 1. The lowest BCUT2D eigenvalue weighted by molar-refractivity contribution is 0.209. The Morgan fingerprint density at radius 1 is 1.12 bits per heavy atom. The van der Waals surface area contributed by atoms with Crippen molar-refractivity contribution in [2.75, 3.05) is 5.32 Å². The molecule has 3 rings (SSSR count). The van der Waals surface area contributed by atoms with Gasteiger partial charge in [-0.2, -0.15) is 0 Å². The summed E-state index contributed by atoms with van der Waals surface area (Å²) in [6.07, 6.45) is -0.733. The van der Waals surface area contributed by atoms with Crippen molar-refractivity contribution in [1.82, 2.24) is 5.16 Å². The maximum absolute atomic E-state index is 10.9. The number of anilines is 1. The molecule has 0 bridgehead atoms. The summed E-state index contributed by atoms with van der Waals surface area (Å²) in [7, 11) is 0. The molecule has 1 heterocycles. The van der Waals surface area contributed by atoms with Gasteiger partial charge in [-0.1, -0.05) is 53.7 Å². The fraction of sp³-hybridized carbons (Fsp3) is 0.105. The highest BCUT2D eigenvalue weighted by molar-refractivity contribution is 5.89. The summed E-state index contributed by atoms with van der Waals surface area (Å²) in [4.78, 5) is 10.9. The number of aryl methyl sites for hydroxylation is 1. The Balaban J connectivity index is 1.85. The Hall–Kier alpha value is -3.61. The Morgan fingerprint density at radius 2 is 1.65 bits per heavy atom. The summed E-state index contributed by atoms with van der Waals surface area (Å²) in [6, 6.07) is 15.4. The molecule has 0 aliphatic heterocycles. The molecule has 26 heavy (non-hydrogen) atoms. The van der Waals surface area contributed by atoms with Crippen LogP contribution in [0.25, 0.3) is 22.5 Å². The van der Waals surface area contributed by atoms with Crippen LogP contribution in [0.2, 0.25) is 0 Å². The van der Waals surface area contributed by atoms with E-state index < -0.39 is 6.09 Å². The lowest BCUT2D eigenvalue weighted by atomic mass is 10.0. The minimum Gasteiger partial charge on any atom is -0.465 e. The Labute approximate surface area is 150 Å². The van der Waals surface area contributed by atoms with Crippen LogP contribution in [-0.2, 0) is 6.42 Å². The fourth-order valence-corrected chi connectivity index (χ4v) is 2.67. The number of hydrogen-bond donors (Lipinski definition) is 4. The van der Waals surface area contributed by atoms with E-state index in [9.17, 15) is 4.79 Å². The monoisotopic (exact) mass is 350 g/mol. The van der Waals surface area contributed by atoms with Crippen molar-refractivity contribution in [3.05, 3.63) is 59.8 Å². The summed E-state index contributed by atoms with van der Waals surface area (Å²) in [5.41, 5.74) is 9.99. The quantitative estimate of drug-likeness (QED) is 0.410. The average molecular weight is 350 g/mol. The van der Waals surface area contributed by atoms with Crippen LogP contribution in [0.3, 0.4) is 0 Å². The second-order valence-corrected chi connectivity index (χ2v) is 5.88. The third kappa shape index (κ3) is 3.72. The molecule has 0 fully saturated rings. The Bertz CT molecular complexity index is 944. The largest absolute Gasteiger partial charge is 0.465 e. The zero-order valence-electron chi connectivity index (χ0n) is 14.1. The van der Waals surface area contributed by atoms with Gasteiger partial charge in [0.2, 0.25) is 0 Å². The molecule has 132 valence electrons. The number of aromatic nitrogens is 1. The standard InChI is InChI=1S/C19H18N4O3/c1-11-17(22-19(24)25)18(26-23-11)15-8-6-14(7-9-15)13-4-2-12(3-5-13)10-16(20)21/h2-9,22H,10H2,1H3,(H3,20,21)(H,24,25).